The standard InChI is InChI=1S/C26H29FN2O3S/c1-31-26(30)24-22(6-5-20-21-12-17(21)14-32-25(20)24)28-33-23-7-4-18(27)11-16(23)9-15-10-19-3-2-8-29(19)13-15/h4-7,11,15,17,19,21,28H,2-3,8-10,12-14H2,1H3. The third-order valence-corrected chi connectivity index (χ3v) is 8.68. The van der Waals surface area contributed by atoms with Crippen LogP contribution in [-0.4, -0.2) is 43.7 Å². The molecule has 1 saturated carbocycles. The van der Waals surface area contributed by atoms with Gasteiger partial charge in [-0.2, -0.15) is 0 Å². The third kappa shape index (κ3) is 3.99. The summed E-state index contributed by atoms with van der Waals surface area (Å²) in [5.74, 6) is 1.67. The van der Waals surface area contributed by atoms with Crippen LogP contribution in [0.15, 0.2) is 35.2 Å². The number of nitrogens with zero attached hydrogens (tertiary/aromatic N) is 1. The van der Waals surface area contributed by atoms with E-state index < -0.39 is 5.97 Å². The first kappa shape index (κ1) is 21.3. The Hall–Kier alpha value is -2.25. The number of methoxy groups -OCH3 is 1. The lowest BCUT2D eigenvalue weighted by Gasteiger charge is -2.22. The molecule has 3 heterocycles. The van der Waals surface area contributed by atoms with E-state index in [0.717, 1.165) is 35.4 Å². The molecule has 0 amide bonds. The summed E-state index contributed by atoms with van der Waals surface area (Å²) in [7, 11) is 1.40. The van der Waals surface area contributed by atoms with E-state index in [1.807, 2.05) is 12.1 Å². The van der Waals surface area contributed by atoms with Gasteiger partial charge in [0.25, 0.3) is 0 Å². The topological polar surface area (TPSA) is 50.8 Å². The van der Waals surface area contributed by atoms with Gasteiger partial charge in [0.05, 0.1) is 19.4 Å². The van der Waals surface area contributed by atoms with E-state index in [9.17, 15) is 9.18 Å². The number of benzene rings is 2. The molecule has 33 heavy (non-hydrogen) atoms. The van der Waals surface area contributed by atoms with Crippen LogP contribution in [0, 0.1) is 17.7 Å². The molecule has 0 spiro atoms. The van der Waals surface area contributed by atoms with Gasteiger partial charge in [0.15, 0.2) is 0 Å². The molecule has 5 nitrogen and oxygen atoms in total. The highest BCUT2D eigenvalue weighted by Crippen LogP contribution is 2.55. The average Bonchev–Trinajstić information content (AvgIpc) is 3.34. The predicted octanol–water partition coefficient (Wildman–Crippen LogP) is 5.25. The molecule has 2 aromatic carbocycles. The molecule has 4 aliphatic rings. The minimum atomic E-state index is -0.403. The summed E-state index contributed by atoms with van der Waals surface area (Å²) in [4.78, 5) is 16.2. The van der Waals surface area contributed by atoms with Crippen molar-refractivity contribution in [3.8, 4) is 5.75 Å². The quantitative estimate of drug-likeness (QED) is 0.461. The molecule has 3 aliphatic heterocycles. The number of halogens is 1. The monoisotopic (exact) mass is 468 g/mol. The Kier molecular flexibility index (Phi) is 5.49. The number of fused-ring (bicyclic) bond motifs is 4. The number of hydrogen-bond donors (Lipinski definition) is 1. The van der Waals surface area contributed by atoms with Crippen LogP contribution in [0.25, 0.3) is 0 Å². The van der Waals surface area contributed by atoms with Gasteiger partial charge in [-0.25, -0.2) is 9.18 Å². The van der Waals surface area contributed by atoms with Crippen molar-refractivity contribution in [3.05, 3.63) is 52.8 Å². The Bertz CT molecular complexity index is 1080. The van der Waals surface area contributed by atoms with Gasteiger partial charge < -0.3 is 19.1 Å². The number of nitrogens with one attached hydrogen (secondary N) is 1. The van der Waals surface area contributed by atoms with E-state index in [4.69, 9.17) is 9.47 Å². The van der Waals surface area contributed by atoms with Crippen LogP contribution in [0.3, 0.4) is 0 Å². The van der Waals surface area contributed by atoms with Crippen molar-refractivity contribution >= 4 is 23.6 Å². The Balaban J connectivity index is 1.23. The van der Waals surface area contributed by atoms with Crippen molar-refractivity contribution in [2.75, 3.05) is 31.5 Å². The fourth-order valence-electron chi connectivity index (χ4n) is 6.01. The molecule has 174 valence electrons. The molecule has 4 atom stereocenters. The molecule has 3 fully saturated rings. The second-order valence-corrected chi connectivity index (χ2v) is 10.7. The second kappa shape index (κ2) is 8.51. The molecule has 1 N–H and O–H groups in total. The molecule has 1 aliphatic carbocycles. The number of rotatable bonds is 6. The van der Waals surface area contributed by atoms with Crippen molar-refractivity contribution < 1.29 is 18.7 Å². The number of carbonyl (C=O) groups excluding carboxylic acids is 1. The van der Waals surface area contributed by atoms with E-state index in [0.29, 0.717) is 47.4 Å². The van der Waals surface area contributed by atoms with Crippen molar-refractivity contribution in [3.63, 3.8) is 0 Å². The Morgan fingerprint density at radius 1 is 1.30 bits per heavy atom. The van der Waals surface area contributed by atoms with E-state index in [1.54, 1.807) is 6.07 Å². The van der Waals surface area contributed by atoms with Crippen LogP contribution in [-0.2, 0) is 11.2 Å². The molecular formula is C26H29FN2O3S. The van der Waals surface area contributed by atoms with Crippen molar-refractivity contribution in [2.45, 2.75) is 49.0 Å². The van der Waals surface area contributed by atoms with Crippen molar-refractivity contribution in [2.24, 2.45) is 11.8 Å². The third-order valence-electron chi connectivity index (χ3n) is 7.74. The normalized spacial score (nSPS) is 27.3. The van der Waals surface area contributed by atoms with Crippen LogP contribution < -0.4 is 9.46 Å². The van der Waals surface area contributed by atoms with Gasteiger partial charge >= 0.3 is 5.97 Å². The van der Waals surface area contributed by atoms with Crippen LogP contribution >= 0.6 is 11.9 Å². The summed E-state index contributed by atoms with van der Waals surface area (Å²) in [6.07, 6.45) is 5.78. The zero-order chi connectivity index (χ0) is 22.5. The van der Waals surface area contributed by atoms with Gasteiger partial charge in [-0.15, -0.1) is 0 Å². The summed E-state index contributed by atoms with van der Waals surface area (Å²) >= 11 is 1.42. The van der Waals surface area contributed by atoms with Gasteiger partial charge in [-0.1, -0.05) is 6.07 Å². The first-order valence-electron chi connectivity index (χ1n) is 11.9. The van der Waals surface area contributed by atoms with Gasteiger partial charge in [0, 0.05) is 23.4 Å². The molecule has 4 unspecified atom stereocenters. The fraction of sp³-hybridized carbons (Fsp3) is 0.500. The number of hydrogen-bond acceptors (Lipinski definition) is 6. The largest absolute Gasteiger partial charge is 0.492 e. The molecule has 2 aromatic rings. The predicted molar refractivity (Wildman–Crippen MR) is 126 cm³/mol. The fourth-order valence-corrected chi connectivity index (χ4v) is 6.81. The lowest BCUT2D eigenvalue weighted by atomic mass is 9.95. The first-order chi connectivity index (χ1) is 16.1. The maximum Gasteiger partial charge on any atom is 0.343 e. The Morgan fingerprint density at radius 3 is 3.06 bits per heavy atom. The highest BCUT2D eigenvalue weighted by atomic mass is 32.2. The Morgan fingerprint density at radius 2 is 2.21 bits per heavy atom. The first-order valence-corrected chi connectivity index (χ1v) is 12.8. The summed E-state index contributed by atoms with van der Waals surface area (Å²) in [5, 5.41) is 0. The molecule has 2 saturated heterocycles. The van der Waals surface area contributed by atoms with Crippen LogP contribution in [0.1, 0.15) is 53.1 Å². The molecule has 0 bridgehead atoms. The van der Waals surface area contributed by atoms with Crippen LogP contribution in [0.4, 0.5) is 10.1 Å². The summed E-state index contributed by atoms with van der Waals surface area (Å²) < 4.78 is 28.6. The lowest BCUT2D eigenvalue weighted by molar-refractivity contribution is 0.0596. The number of esters is 1. The van der Waals surface area contributed by atoms with Crippen molar-refractivity contribution in [1.29, 1.82) is 0 Å². The van der Waals surface area contributed by atoms with Gasteiger partial charge in [0.2, 0.25) is 0 Å². The maximum atomic E-state index is 14.1. The lowest BCUT2D eigenvalue weighted by Crippen LogP contribution is -2.22. The zero-order valence-corrected chi connectivity index (χ0v) is 19.6. The van der Waals surface area contributed by atoms with Crippen molar-refractivity contribution in [1.82, 2.24) is 4.90 Å². The van der Waals surface area contributed by atoms with Crippen LogP contribution in [0.5, 0.6) is 5.75 Å². The Labute approximate surface area is 198 Å². The summed E-state index contributed by atoms with van der Waals surface area (Å²) in [6, 6.07) is 9.72. The zero-order valence-electron chi connectivity index (χ0n) is 18.8. The maximum absolute atomic E-state index is 14.1. The smallest absolute Gasteiger partial charge is 0.343 e. The minimum absolute atomic E-state index is 0.204. The van der Waals surface area contributed by atoms with Crippen LogP contribution in [0.2, 0.25) is 0 Å². The minimum Gasteiger partial charge on any atom is -0.492 e. The van der Waals surface area contributed by atoms with Gasteiger partial charge in [0.1, 0.15) is 17.1 Å². The molecular weight excluding hydrogens is 439 g/mol. The number of ether oxygens (including phenoxy) is 2. The summed E-state index contributed by atoms with van der Waals surface area (Å²) in [5.41, 5.74) is 3.24. The number of carbonyl (C=O) groups is 1. The van der Waals surface area contributed by atoms with E-state index in [-0.39, 0.29) is 5.82 Å². The molecule has 6 rings (SSSR count). The molecule has 7 heteroatoms. The van der Waals surface area contributed by atoms with Gasteiger partial charge in [-0.05, 0) is 97.8 Å². The second-order valence-electron chi connectivity index (χ2n) is 9.86. The van der Waals surface area contributed by atoms with E-state index in [1.165, 1.54) is 50.9 Å². The molecule has 0 radical (unpaired) electrons. The highest BCUT2D eigenvalue weighted by Gasteiger charge is 2.45. The van der Waals surface area contributed by atoms with E-state index >= 15 is 0 Å². The number of anilines is 1. The average molecular weight is 469 g/mol. The SMILES string of the molecule is COC(=O)c1c(NSc2ccc(F)cc2CC2CC3CCCN3C2)ccc2c1OCC1CC21. The van der Waals surface area contributed by atoms with Gasteiger partial charge in [-0.3, -0.25) is 0 Å². The molecule has 0 aromatic heterocycles. The van der Waals surface area contributed by atoms with E-state index in [2.05, 4.69) is 15.7 Å². The highest BCUT2D eigenvalue weighted by molar-refractivity contribution is 8.00. The summed E-state index contributed by atoms with van der Waals surface area (Å²) in [6.45, 7) is 2.96.